The molecule has 1 amide bonds. The second-order valence-electron chi connectivity index (χ2n) is 6.47. The van der Waals surface area contributed by atoms with Crippen LogP contribution in [0.1, 0.15) is 39.4 Å². The highest BCUT2D eigenvalue weighted by Crippen LogP contribution is 2.32. The fourth-order valence-electron chi connectivity index (χ4n) is 3.00. The summed E-state index contributed by atoms with van der Waals surface area (Å²) in [7, 11) is 1.68. The zero-order chi connectivity index (χ0) is 18.9. The number of hydrogen-bond donors (Lipinski definition) is 1. The third-order valence-electron chi connectivity index (χ3n) is 4.48. The van der Waals surface area contributed by atoms with Crippen molar-refractivity contribution in [2.45, 2.75) is 38.5 Å². The van der Waals surface area contributed by atoms with E-state index in [9.17, 15) is 4.79 Å². The van der Waals surface area contributed by atoms with Crippen molar-refractivity contribution in [3.63, 3.8) is 0 Å². The van der Waals surface area contributed by atoms with Crippen LogP contribution in [0.15, 0.2) is 59.3 Å². The van der Waals surface area contributed by atoms with E-state index in [4.69, 9.17) is 9.40 Å². The number of carbonyl (C=O) groups excluding carboxylic acids is 1. The SMILES string of the molecule is CNC(=O)CCCCCCc1nc(-c2ccccc2)c(-c2ccncc2)o1.[HH]. The van der Waals surface area contributed by atoms with Gasteiger partial charge >= 0.3 is 0 Å². The molecule has 27 heavy (non-hydrogen) atoms. The molecule has 0 bridgehead atoms. The molecule has 5 nitrogen and oxygen atoms in total. The molecule has 0 unspecified atom stereocenters. The van der Waals surface area contributed by atoms with Crippen LogP contribution in [-0.2, 0) is 11.2 Å². The number of rotatable bonds is 9. The first-order chi connectivity index (χ1) is 13.3. The fourth-order valence-corrected chi connectivity index (χ4v) is 3.00. The van der Waals surface area contributed by atoms with Gasteiger partial charge in [0.15, 0.2) is 11.7 Å². The Morgan fingerprint density at radius 1 is 1.00 bits per heavy atom. The molecule has 5 heteroatoms. The smallest absolute Gasteiger partial charge is 0.219 e. The molecule has 0 saturated heterocycles. The molecule has 0 aliphatic carbocycles. The van der Waals surface area contributed by atoms with Crippen LogP contribution in [0.25, 0.3) is 22.6 Å². The topological polar surface area (TPSA) is 68.0 Å². The first-order valence-electron chi connectivity index (χ1n) is 9.44. The molecule has 2 heterocycles. The molecule has 0 aliphatic heterocycles. The van der Waals surface area contributed by atoms with Gasteiger partial charge in [0.2, 0.25) is 5.91 Å². The Bertz CT molecular complexity index is 794. The molecule has 3 rings (SSSR count). The van der Waals surface area contributed by atoms with Crippen LogP contribution in [0.3, 0.4) is 0 Å². The number of amides is 1. The molecule has 1 N–H and O–H groups in total. The fraction of sp³-hybridized carbons (Fsp3) is 0.318. The molecular weight excluding hydrogens is 338 g/mol. The number of aromatic nitrogens is 2. The molecule has 0 saturated carbocycles. The van der Waals surface area contributed by atoms with E-state index in [1.807, 2.05) is 42.5 Å². The lowest BCUT2D eigenvalue weighted by Crippen LogP contribution is -2.16. The third-order valence-corrected chi connectivity index (χ3v) is 4.48. The van der Waals surface area contributed by atoms with Crippen LogP contribution in [0.4, 0.5) is 0 Å². The number of aryl methyl sites for hydroxylation is 1. The van der Waals surface area contributed by atoms with Crippen molar-refractivity contribution in [1.29, 1.82) is 0 Å². The minimum atomic E-state index is 0. The molecule has 0 fully saturated rings. The van der Waals surface area contributed by atoms with Crippen LogP contribution >= 0.6 is 0 Å². The van der Waals surface area contributed by atoms with Gasteiger partial charge in [0.25, 0.3) is 0 Å². The summed E-state index contributed by atoms with van der Waals surface area (Å²) in [6.45, 7) is 0. The molecule has 0 radical (unpaired) electrons. The normalized spacial score (nSPS) is 10.7. The summed E-state index contributed by atoms with van der Waals surface area (Å²) in [4.78, 5) is 20.1. The Hall–Kier alpha value is -2.95. The van der Waals surface area contributed by atoms with E-state index in [0.29, 0.717) is 6.42 Å². The van der Waals surface area contributed by atoms with E-state index in [2.05, 4.69) is 10.3 Å². The van der Waals surface area contributed by atoms with Gasteiger partial charge in [-0.2, -0.15) is 0 Å². The van der Waals surface area contributed by atoms with Gasteiger partial charge < -0.3 is 9.73 Å². The Kier molecular flexibility index (Phi) is 6.74. The summed E-state index contributed by atoms with van der Waals surface area (Å²) < 4.78 is 6.11. The molecule has 2 aromatic heterocycles. The van der Waals surface area contributed by atoms with E-state index < -0.39 is 0 Å². The van der Waals surface area contributed by atoms with Gasteiger partial charge in [-0.05, 0) is 25.0 Å². The first-order valence-corrected chi connectivity index (χ1v) is 9.44. The lowest BCUT2D eigenvalue weighted by Gasteiger charge is -2.00. The minimum absolute atomic E-state index is 0. The maximum Gasteiger partial charge on any atom is 0.219 e. The number of unbranched alkanes of at least 4 members (excludes halogenated alkanes) is 3. The number of nitrogens with zero attached hydrogens (tertiary/aromatic N) is 2. The highest BCUT2D eigenvalue weighted by atomic mass is 16.4. The number of pyridine rings is 1. The quantitative estimate of drug-likeness (QED) is 0.548. The van der Waals surface area contributed by atoms with E-state index in [1.165, 1.54) is 0 Å². The predicted octanol–water partition coefficient (Wildman–Crippen LogP) is 4.89. The summed E-state index contributed by atoms with van der Waals surface area (Å²) >= 11 is 0. The van der Waals surface area contributed by atoms with Crippen LogP contribution in [0.5, 0.6) is 0 Å². The maximum atomic E-state index is 11.2. The second-order valence-corrected chi connectivity index (χ2v) is 6.47. The Labute approximate surface area is 161 Å². The van der Waals surface area contributed by atoms with Gasteiger partial charge in [0.05, 0.1) is 0 Å². The second kappa shape index (κ2) is 9.67. The zero-order valence-corrected chi connectivity index (χ0v) is 15.6. The summed E-state index contributed by atoms with van der Waals surface area (Å²) in [5, 5.41) is 2.65. The number of benzene rings is 1. The summed E-state index contributed by atoms with van der Waals surface area (Å²) in [5.74, 6) is 1.65. The van der Waals surface area contributed by atoms with Gasteiger partial charge in [-0.3, -0.25) is 9.78 Å². The molecule has 1 aromatic carbocycles. The largest absolute Gasteiger partial charge is 0.440 e. The van der Waals surface area contributed by atoms with Crippen molar-refractivity contribution in [1.82, 2.24) is 15.3 Å². The minimum Gasteiger partial charge on any atom is -0.440 e. The Morgan fingerprint density at radius 3 is 2.48 bits per heavy atom. The zero-order valence-electron chi connectivity index (χ0n) is 15.6. The molecule has 0 aliphatic rings. The monoisotopic (exact) mass is 365 g/mol. The lowest BCUT2D eigenvalue weighted by atomic mass is 10.1. The van der Waals surface area contributed by atoms with Crippen molar-refractivity contribution in [2.24, 2.45) is 0 Å². The van der Waals surface area contributed by atoms with Gasteiger partial charge in [-0.25, -0.2) is 4.98 Å². The van der Waals surface area contributed by atoms with Crippen LogP contribution in [0.2, 0.25) is 0 Å². The highest BCUT2D eigenvalue weighted by molar-refractivity contribution is 5.76. The van der Waals surface area contributed by atoms with E-state index >= 15 is 0 Å². The van der Waals surface area contributed by atoms with Gasteiger partial charge in [-0.1, -0.05) is 43.2 Å². The van der Waals surface area contributed by atoms with E-state index in [1.54, 1.807) is 19.4 Å². The van der Waals surface area contributed by atoms with Gasteiger partial charge in [-0.15, -0.1) is 0 Å². The number of carbonyl (C=O) groups is 1. The van der Waals surface area contributed by atoms with Crippen molar-refractivity contribution in [3.8, 4) is 22.6 Å². The number of nitrogens with one attached hydrogen (secondary N) is 1. The van der Waals surface area contributed by atoms with Crippen LogP contribution in [-0.4, -0.2) is 22.9 Å². The van der Waals surface area contributed by atoms with Crippen molar-refractivity contribution in [3.05, 3.63) is 60.7 Å². The van der Waals surface area contributed by atoms with E-state index in [-0.39, 0.29) is 7.33 Å². The summed E-state index contributed by atoms with van der Waals surface area (Å²) in [5.41, 5.74) is 2.90. The molecular formula is C22H27N3O2. The van der Waals surface area contributed by atoms with Gasteiger partial charge in [0, 0.05) is 44.8 Å². The third kappa shape index (κ3) is 5.26. The Morgan fingerprint density at radius 2 is 1.74 bits per heavy atom. The van der Waals surface area contributed by atoms with Crippen molar-refractivity contribution >= 4 is 5.91 Å². The first kappa shape index (κ1) is 18.8. The number of hydrogen-bond acceptors (Lipinski definition) is 4. The summed E-state index contributed by atoms with van der Waals surface area (Å²) in [6.07, 6.45) is 8.94. The number of oxazole rings is 1. The lowest BCUT2D eigenvalue weighted by molar-refractivity contribution is -0.120. The van der Waals surface area contributed by atoms with E-state index in [0.717, 1.165) is 60.6 Å². The standard InChI is InChI=1S/C22H25N3O2.H2/c1-23-19(26)11-7-2-3-8-12-20-25-21(17-9-5-4-6-10-17)22(27-20)18-13-15-24-16-14-18;/h4-6,9-10,13-16H,2-3,7-8,11-12H2,1H3,(H,23,26);1H. The summed E-state index contributed by atoms with van der Waals surface area (Å²) in [6, 6.07) is 14.0. The average molecular weight is 365 g/mol. The van der Waals surface area contributed by atoms with Crippen LogP contribution < -0.4 is 5.32 Å². The molecule has 142 valence electrons. The highest BCUT2D eigenvalue weighted by Gasteiger charge is 2.16. The molecule has 0 spiro atoms. The predicted molar refractivity (Wildman–Crippen MR) is 108 cm³/mol. The Balaban J connectivity index is 0.00000280. The molecule has 3 aromatic rings. The van der Waals surface area contributed by atoms with Crippen molar-refractivity contribution in [2.75, 3.05) is 7.05 Å². The maximum absolute atomic E-state index is 11.2. The average Bonchev–Trinajstić information content (AvgIpc) is 3.16. The van der Waals surface area contributed by atoms with Crippen molar-refractivity contribution < 1.29 is 10.6 Å². The molecule has 0 atom stereocenters. The van der Waals surface area contributed by atoms with Gasteiger partial charge in [0.1, 0.15) is 5.69 Å². The van der Waals surface area contributed by atoms with Crippen LogP contribution in [0, 0.1) is 0 Å².